The highest BCUT2D eigenvalue weighted by molar-refractivity contribution is 5.82. The number of aryl methyl sites for hydroxylation is 1. The summed E-state index contributed by atoms with van der Waals surface area (Å²) in [5.41, 5.74) is 3.25. The van der Waals surface area contributed by atoms with Crippen molar-refractivity contribution in [3.05, 3.63) is 66.1 Å². The quantitative estimate of drug-likeness (QED) is 0.454. The Balaban J connectivity index is 1.33. The largest absolute Gasteiger partial charge is 0.433 e. The third-order valence-electron chi connectivity index (χ3n) is 5.80. The van der Waals surface area contributed by atoms with Gasteiger partial charge in [-0.05, 0) is 56.4 Å². The van der Waals surface area contributed by atoms with E-state index >= 15 is 4.39 Å². The number of nitrogens with zero attached hydrogens (tertiary/aromatic N) is 4. The van der Waals surface area contributed by atoms with Gasteiger partial charge in [0.25, 0.3) is 5.88 Å². The predicted octanol–water partition coefficient (Wildman–Crippen LogP) is 4.83. The minimum atomic E-state index is -0.801. The summed E-state index contributed by atoms with van der Waals surface area (Å²) in [6, 6.07) is 12.5. The highest BCUT2D eigenvalue weighted by atomic mass is 19.1. The maximum Gasteiger partial charge on any atom is 0.261 e. The van der Waals surface area contributed by atoms with Crippen molar-refractivity contribution in [2.75, 3.05) is 43.4 Å². The zero-order chi connectivity index (χ0) is 22.9. The van der Waals surface area contributed by atoms with Crippen molar-refractivity contribution in [1.82, 2.24) is 19.9 Å². The van der Waals surface area contributed by atoms with Gasteiger partial charge in [0.1, 0.15) is 6.33 Å². The van der Waals surface area contributed by atoms with Crippen LogP contribution in [0.3, 0.4) is 0 Å². The molecule has 0 bridgehead atoms. The third kappa shape index (κ3) is 4.31. The van der Waals surface area contributed by atoms with Gasteiger partial charge in [-0.1, -0.05) is 0 Å². The smallest absolute Gasteiger partial charge is 0.261 e. The number of fused-ring (bicyclic) bond motifs is 1. The highest BCUT2D eigenvalue weighted by Crippen LogP contribution is 2.32. The van der Waals surface area contributed by atoms with Gasteiger partial charge in [-0.25, -0.2) is 9.37 Å². The Hall–Kier alpha value is -3.72. The molecule has 1 aliphatic rings. The van der Waals surface area contributed by atoms with Gasteiger partial charge in [-0.3, -0.25) is 0 Å². The Morgan fingerprint density at radius 1 is 0.970 bits per heavy atom. The first-order chi connectivity index (χ1) is 16.0. The fraction of sp³-hybridized carbons (Fsp3) is 0.250. The lowest BCUT2D eigenvalue weighted by Gasteiger charge is -2.34. The van der Waals surface area contributed by atoms with Crippen LogP contribution >= 0.6 is 0 Å². The van der Waals surface area contributed by atoms with Crippen molar-refractivity contribution in [2.45, 2.75) is 6.92 Å². The van der Waals surface area contributed by atoms with Crippen LogP contribution in [0.4, 0.5) is 26.0 Å². The number of aromatic amines is 1. The number of piperazine rings is 1. The van der Waals surface area contributed by atoms with E-state index in [0.717, 1.165) is 37.6 Å². The third-order valence-corrected chi connectivity index (χ3v) is 5.80. The van der Waals surface area contributed by atoms with Gasteiger partial charge in [-0.15, -0.1) is 0 Å². The van der Waals surface area contributed by atoms with Crippen molar-refractivity contribution >= 4 is 28.1 Å². The molecule has 1 aliphatic heterocycles. The number of rotatable bonds is 5. The fourth-order valence-electron chi connectivity index (χ4n) is 3.94. The molecule has 0 saturated carbocycles. The summed E-state index contributed by atoms with van der Waals surface area (Å²) in [5, 5.41) is 3.32. The summed E-state index contributed by atoms with van der Waals surface area (Å²) in [7, 11) is 2.12. The first-order valence-corrected chi connectivity index (χ1v) is 10.7. The summed E-state index contributed by atoms with van der Waals surface area (Å²) in [4.78, 5) is 15.5. The van der Waals surface area contributed by atoms with Crippen LogP contribution in [-0.2, 0) is 0 Å². The molecule has 2 aromatic carbocycles. The maximum absolute atomic E-state index is 15.0. The molecule has 5 rings (SSSR count). The lowest BCUT2D eigenvalue weighted by Crippen LogP contribution is -2.44. The average Bonchev–Trinajstić information content (AvgIpc) is 3.20. The van der Waals surface area contributed by atoms with Gasteiger partial charge in [0.05, 0.1) is 0 Å². The van der Waals surface area contributed by atoms with Crippen molar-refractivity contribution in [3.8, 4) is 11.6 Å². The molecule has 33 heavy (non-hydrogen) atoms. The first-order valence-electron chi connectivity index (χ1n) is 10.7. The van der Waals surface area contributed by atoms with E-state index in [1.54, 1.807) is 12.1 Å². The first kappa shape index (κ1) is 21.1. The van der Waals surface area contributed by atoms with Gasteiger partial charge in [0.2, 0.25) is 5.82 Å². The highest BCUT2D eigenvalue weighted by Gasteiger charge is 2.18. The number of ether oxygens (including phenoxy) is 1. The lowest BCUT2D eigenvalue weighted by atomic mass is 10.2. The van der Waals surface area contributed by atoms with E-state index in [2.05, 4.69) is 37.1 Å². The SMILES string of the molecule is Cc1cc2c(F)c(Oc3ncnc(Nc4ccc(N5CCN(C)CC5)cc4)c3F)ccc2[nH]1. The summed E-state index contributed by atoms with van der Waals surface area (Å²) in [6.07, 6.45) is 1.18. The van der Waals surface area contributed by atoms with Crippen LogP contribution in [0.25, 0.3) is 10.9 Å². The topological polar surface area (TPSA) is 69.3 Å². The van der Waals surface area contributed by atoms with E-state index in [4.69, 9.17) is 4.74 Å². The molecule has 2 N–H and O–H groups in total. The molecule has 3 heterocycles. The molecule has 0 radical (unpaired) electrons. The second-order valence-electron chi connectivity index (χ2n) is 8.20. The zero-order valence-electron chi connectivity index (χ0n) is 18.4. The second kappa shape index (κ2) is 8.67. The molecular formula is C24H24F2N6O. The lowest BCUT2D eigenvalue weighted by molar-refractivity contribution is 0.313. The van der Waals surface area contributed by atoms with Crippen LogP contribution in [0.1, 0.15) is 5.69 Å². The Morgan fingerprint density at radius 2 is 1.73 bits per heavy atom. The van der Waals surface area contributed by atoms with Gasteiger partial charge in [0, 0.05) is 54.2 Å². The number of H-pyrrole nitrogens is 1. The molecule has 9 heteroatoms. The average molecular weight is 450 g/mol. The van der Waals surface area contributed by atoms with Crippen LogP contribution < -0.4 is 15.0 Å². The molecule has 0 aliphatic carbocycles. The molecule has 1 saturated heterocycles. The van der Waals surface area contributed by atoms with Gasteiger partial charge in [0.15, 0.2) is 17.4 Å². The molecule has 170 valence electrons. The van der Waals surface area contributed by atoms with Crippen molar-refractivity contribution in [3.63, 3.8) is 0 Å². The maximum atomic E-state index is 15.0. The Kier molecular flexibility index (Phi) is 5.55. The number of likely N-dealkylation sites (N-methyl/N-ethyl adjacent to an activating group) is 1. The molecule has 0 unspecified atom stereocenters. The molecule has 4 aromatic rings. The van der Waals surface area contributed by atoms with Gasteiger partial charge in [-0.2, -0.15) is 9.37 Å². The molecule has 1 fully saturated rings. The number of hydrogen-bond acceptors (Lipinski definition) is 6. The summed E-state index contributed by atoms with van der Waals surface area (Å²) in [6.45, 7) is 5.81. The van der Waals surface area contributed by atoms with Crippen molar-refractivity contribution in [2.24, 2.45) is 0 Å². The summed E-state index contributed by atoms with van der Waals surface area (Å²) < 4.78 is 35.4. The predicted molar refractivity (Wildman–Crippen MR) is 124 cm³/mol. The number of hydrogen-bond donors (Lipinski definition) is 2. The molecule has 0 spiro atoms. The normalized spacial score (nSPS) is 14.6. The summed E-state index contributed by atoms with van der Waals surface area (Å²) >= 11 is 0. The van der Waals surface area contributed by atoms with E-state index in [0.29, 0.717) is 16.6 Å². The van der Waals surface area contributed by atoms with Crippen LogP contribution in [0, 0.1) is 18.6 Å². The van der Waals surface area contributed by atoms with E-state index in [9.17, 15) is 4.39 Å². The number of halogens is 2. The van der Waals surface area contributed by atoms with E-state index in [-0.39, 0.29) is 17.4 Å². The molecule has 7 nitrogen and oxygen atoms in total. The Labute approximate surface area is 190 Å². The number of nitrogens with one attached hydrogen (secondary N) is 2. The Bertz CT molecular complexity index is 1280. The molecular weight excluding hydrogens is 426 g/mol. The minimum absolute atomic E-state index is 0.0497. The van der Waals surface area contributed by atoms with Crippen molar-refractivity contribution in [1.29, 1.82) is 0 Å². The van der Waals surface area contributed by atoms with Crippen LogP contribution in [0.5, 0.6) is 11.6 Å². The molecule has 0 atom stereocenters. The van der Waals surface area contributed by atoms with Gasteiger partial charge < -0.3 is 24.8 Å². The van der Waals surface area contributed by atoms with E-state index < -0.39 is 11.6 Å². The Morgan fingerprint density at radius 3 is 2.48 bits per heavy atom. The van der Waals surface area contributed by atoms with Gasteiger partial charge >= 0.3 is 0 Å². The second-order valence-corrected chi connectivity index (χ2v) is 8.20. The van der Waals surface area contributed by atoms with E-state index in [1.165, 1.54) is 12.4 Å². The van der Waals surface area contributed by atoms with Crippen molar-refractivity contribution < 1.29 is 13.5 Å². The number of aromatic nitrogens is 3. The standard InChI is InChI=1S/C24H24F2N6O/c1-15-13-18-19(29-15)7-8-20(21(18)25)33-24-22(26)23(27-14-28-24)30-16-3-5-17(6-4-16)32-11-9-31(2)10-12-32/h3-8,13-14,29H,9-12H2,1-2H3,(H,27,28,30). The fourth-order valence-corrected chi connectivity index (χ4v) is 3.94. The molecule has 0 amide bonds. The van der Waals surface area contributed by atoms with Crippen LogP contribution in [0.2, 0.25) is 0 Å². The number of anilines is 3. The molecule has 2 aromatic heterocycles. The summed E-state index contributed by atoms with van der Waals surface area (Å²) in [5.74, 6) is -1.89. The van der Waals surface area contributed by atoms with Crippen LogP contribution in [0.15, 0.2) is 48.8 Å². The number of benzene rings is 2. The van der Waals surface area contributed by atoms with E-state index in [1.807, 2.05) is 31.2 Å². The minimum Gasteiger partial charge on any atom is -0.433 e. The van der Waals surface area contributed by atoms with Crippen LogP contribution in [-0.4, -0.2) is 53.1 Å². The monoisotopic (exact) mass is 450 g/mol. The zero-order valence-corrected chi connectivity index (χ0v) is 18.4.